The summed E-state index contributed by atoms with van der Waals surface area (Å²) in [4.78, 5) is 34.4. The van der Waals surface area contributed by atoms with Crippen molar-refractivity contribution in [1.82, 2.24) is 53.2 Å². The summed E-state index contributed by atoms with van der Waals surface area (Å²) in [5.74, 6) is 2.95. The fourth-order valence-electron chi connectivity index (χ4n) is 21.2. The lowest BCUT2D eigenvalue weighted by Gasteiger charge is -2.12. The van der Waals surface area contributed by atoms with Crippen LogP contribution < -0.4 is 0 Å². The van der Waals surface area contributed by atoms with Crippen LogP contribution in [-0.2, 0) is 0 Å². The van der Waals surface area contributed by atoms with Gasteiger partial charge < -0.3 is 0 Å². The number of hydrogen-bond acceptors (Lipinski definition) is 7. The maximum atomic E-state index is 5.13. The van der Waals surface area contributed by atoms with Gasteiger partial charge in [-0.2, -0.15) is 0 Å². The van der Waals surface area contributed by atoms with E-state index in [1.54, 1.807) is 0 Å². The van der Waals surface area contributed by atoms with Crippen LogP contribution in [0.1, 0.15) is 0 Å². The summed E-state index contributed by atoms with van der Waals surface area (Å²) in [5.41, 5.74) is 29.3. The standard InChI is InChI=1S/C38H25N3.C33H22N2.2C32H21N3/c1-2-8-26(9-3-1)27-14-16-28(17-15-27)29-18-20-31(21-19-29)35-24-25-39-38(40-35)41-36-13-7-6-12-33(36)34-23-22-30-10-4-5-11-32(30)37(34)41;1-2-9-23(10-3-1)25-12-8-13-26(21-25)27-19-20-34-32(22-27)35-31-16-7-6-15-29(31)30-18-17-24-11-4-5-14-28(24)33(30)35;1-2-10-22(11-3-1)24-13-6-7-15-26(24)29-20-21-33-32(34-29)35-30-17-9-8-16-27(30)28-19-18-23-12-4-5-14-25(23)31(28)35;1-2-8-22(9-3-1)23-14-16-25(17-15-23)29-20-21-33-32(34-29)35-30-13-7-6-12-27(30)28-19-18-24-10-4-5-11-26(24)31(28)35/h1-25H;1-22H;2*1-21H. The highest BCUT2D eigenvalue weighted by Gasteiger charge is 2.24. The predicted octanol–water partition coefficient (Wildman–Crippen LogP) is 34.5. The summed E-state index contributed by atoms with van der Waals surface area (Å²) in [6, 6.07) is 181. The third-order valence-corrected chi connectivity index (χ3v) is 28.1. The highest BCUT2D eigenvalue weighted by molar-refractivity contribution is 6.22. The van der Waals surface area contributed by atoms with Gasteiger partial charge in [0.1, 0.15) is 5.82 Å². The Morgan fingerprint density at radius 2 is 0.390 bits per heavy atom. The molecule has 0 radical (unpaired) electrons. The van der Waals surface area contributed by atoms with E-state index in [1.165, 1.54) is 153 Å². The first-order chi connectivity index (χ1) is 72.4. The minimum Gasteiger partial charge on any atom is -0.293 e. The molecule has 8 aromatic heterocycles. The van der Waals surface area contributed by atoms with E-state index in [9.17, 15) is 0 Å². The zero-order chi connectivity index (χ0) is 96.7. The Labute approximate surface area is 842 Å². The molecule has 8 heterocycles. The number of pyridine rings is 1. The molecule has 11 heteroatoms. The van der Waals surface area contributed by atoms with Crippen LogP contribution in [0.4, 0.5) is 0 Å². The van der Waals surface area contributed by atoms with Crippen molar-refractivity contribution in [2.24, 2.45) is 0 Å². The van der Waals surface area contributed by atoms with Gasteiger partial charge in [-0.1, -0.05) is 455 Å². The van der Waals surface area contributed by atoms with Crippen molar-refractivity contribution in [2.45, 2.75) is 0 Å². The molecular weight excluding hydrogens is 1780 g/mol. The van der Waals surface area contributed by atoms with E-state index in [0.717, 1.165) is 83.8 Å². The Bertz CT molecular complexity index is 9990. The molecule has 0 bridgehead atoms. The van der Waals surface area contributed by atoms with E-state index in [0.29, 0.717) is 17.8 Å². The first-order valence-corrected chi connectivity index (χ1v) is 49.3. The molecule has 21 aromatic carbocycles. The van der Waals surface area contributed by atoms with Gasteiger partial charge in [-0.25, -0.2) is 34.9 Å². The average Bonchev–Trinajstić information content (AvgIpc) is 1.58. The molecule has 11 nitrogen and oxygen atoms in total. The van der Waals surface area contributed by atoms with Crippen molar-refractivity contribution in [3.63, 3.8) is 0 Å². The average molecular weight is 1870 g/mol. The molecule has 146 heavy (non-hydrogen) atoms. The van der Waals surface area contributed by atoms with Gasteiger partial charge in [0.2, 0.25) is 17.8 Å². The molecule has 0 aliphatic rings. The second-order valence-electron chi connectivity index (χ2n) is 36.6. The fourth-order valence-corrected chi connectivity index (χ4v) is 21.2. The SMILES string of the molecule is c1ccc(-c2ccc(-c3ccc(-c4ccnc(-n5c6ccccc6c6ccc7ccccc7c65)n4)cc3)cc2)cc1.c1ccc(-c2ccc(-c3ccnc(-n4c5ccccc5c5ccc6ccccc6c54)n3)cc2)cc1.c1ccc(-c2cccc(-c3ccnc(-n4c5ccccc5c5ccc6ccccc6c54)c3)c2)cc1.c1ccc(-c2ccccc2-c2ccnc(-n3c4ccccc4c4ccc5ccccc5c43)n2)cc1. The maximum absolute atomic E-state index is 5.13. The molecule has 0 unspecified atom stereocenters. The molecule has 0 aliphatic heterocycles. The second-order valence-corrected chi connectivity index (χ2v) is 36.6. The summed E-state index contributed by atoms with van der Waals surface area (Å²) in [6.07, 6.45) is 7.50. The normalized spacial score (nSPS) is 11.4. The summed E-state index contributed by atoms with van der Waals surface area (Å²) >= 11 is 0. The van der Waals surface area contributed by atoms with Crippen LogP contribution in [0.25, 0.3) is 255 Å². The van der Waals surface area contributed by atoms with Gasteiger partial charge in [-0.15, -0.1) is 0 Å². The predicted molar refractivity (Wildman–Crippen MR) is 607 cm³/mol. The monoisotopic (exact) mass is 1860 g/mol. The number of aromatic nitrogens is 11. The topological polar surface area (TPSA) is 110 Å². The smallest absolute Gasteiger partial charge is 0.235 e. The van der Waals surface area contributed by atoms with Crippen molar-refractivity contribution in [3.8, 4) is 124 Å². The van der Waals surface area contributed by atoms with E-state index in [4.69, 9.17) is 34.9 Å². The first kappa shape index (κ1) is 86.6. The van der Waals surface area contributed by atoms with Gasteiger partial charge >= 0.3 is 0 Å². The Morgan fingerprint density at radius 3 is 0.767 bits per heavy atom. The second kappa shape index (κ2) is 37.8. The lowest BCUT2D eigenvalue weighted by atomic mass is 9.98. The van der Waals surface area contributed by atoms with Crippen LogP contribution in [0.3, 0.4) is 0 Å². The number of hydrogen-bond donors (Lipinski definition) is 0. The number of rotatable bonds is 13. The summed E-state index contributed by atoms with van der Waals surface area (Å²) < 4.78 is 8.94. The highest BCUT2D eigenvalue weighted by Crippen LogP contribution is 2.44. The zero-order valence-electron chi connectivity index (χ0n) is 79.3. The van der Waals surface area contributed by atoms with E-state index < -0.39 is 0 Å². The van der Waals surface area contributed by atoms with Crippen LogP contribution >= 0.6 is 0 Å². The van der Waals surface area contributed by atoms with Crippen LogP contribution in [0.2, 0.25) is 0 Å². The first-order valence-electron chi connectivity index (χ1n) is 49.3. The van der Waals surface area contributed by atoms with Gasteiger partial charge in [-0.05, 0) is 149 Å². The Balaban J connectivity index is 0.0000000991. The number of benzene rings is 21. The quantitative estimate of drug-likeness (QED) is 0.113. The van der Waals surface area contributed by atoms with Gasteiger partial charge in [0.05, 0.1) is 61.2 Å². The minimum atomic E-state index is 0.672. The molecule has 0 amide bonds. The van der Waals surface area contributed by atoms with Crippen molar-refractivity contribution in [1.29, 1.82) is 0 Å². The molecule has 0 aliphatic carbocycles. The van der Waals surface area contributed by atoms with E-state index >= 15 is 0 Å². The highest BCUT2D eigenvalue weighted by atomic mass is 15.2. The fraction of sp³-hybridized carbons (Fsp3) is 0. The van der Waals surface area contributed by atoms with Crippen molar-refractivity contribution < 1.29 is 0 Å². The largest absolute Gasteiger partial charge is 0.293 e. The maximum Gasteiger partial charge on any atom is 0.235 e. The molecule has 0 saturated heterocycles. The van der Waals surface area contributed by atoms with Crippen molar-refractivity contribution in [3.05, 3.63) is 540 Å². The number of nitrogens with zero attached hydrogens (tertiary/aromatic N) is 11. The van der Waals surface area contributed by atoms with Crippen LogP contribution in [0.15, 0.2) is 540 Å². The minimum absolute atomic E-state index is 0.672. The molecule has 0 spiro atoms. The lowest BCUT2D eigenvalue weighted by Crippen LogP contribution is -2.02. The molecule has 29 rings (SSSR count). The molecule has 0 fully saturated rings. The Kier molecular flexibility index (Phi) is 22.4. The van der Waals surface area contributed by atoms with Gasteiger partial charge in [0.15, 0.2) is 0 Å². The van der Waals surface area contributed by atoms with E-state index in [2.05, 4.69) is 498 Å². The van der Waals surface area contributed by atoms with Crippen molar-refractivity contribution in [2.75, 3.05) is 0 Å². The number of para-hydroxylation sites is 4. The number of fused-ring (bicyclic) bond motifs is 20. The third-order valence-electron chi connectivity index (χ3n) is 28.1. The van der Waals surface area contributed by atoms with E-state index in [-0.39, 0.29) is 0 Å². The molecular formula is C135H89N11. The van der Waals surface area contributed by atoms with Gasteiger partial charge in [0, 0.05) is 106 Å². The summed E-state index contributed by atoms with van der Waals surface area (Å²) in [5, 5.41) is 19.4. The molecule has 684 valence electrons. The molecule has 0 atom stereocenters. The zero-order valence-corrected chi connectivity index (χ0v) is 79.3. The Morgan fingerprint density at radius 1 is 0.137 bits per heavy atom. The van der Waals surface area contributed by atoms with Crippen LogP contribution in [0.5, 0.6) is 0 Å². The summed E-state index contributed by atoms with van der Waals surface area (Å²) in [7, 11) is 0. The molecule has 0 N–H and O–H groups in total. The summed E-state index contributed by atoms with van der Waals surface area (Å²) in [6.45, 7) is 0. The molecule has 29 aromatic rings. The Hall–Kier alpha value is -19.8. The molecule has 0 saturated carbocycles. The third kappa shape index (κ3) is 16.0. The van der Waals surface area contributed by atoms with Crippen LogP contribution in [0, 0.1) is 0 Å². The van der Waals surface area contributed by atoms with Crippen LogP contribution in [-0.4, -0.2) is 53.2 Å². The van der Waals surface area contributed by atoms with E-state index in [1.807, 2.05) is 61.2 Å². The van der Waals surface area contributed by atoms with Gasteiger partial charge in [-0.3, -0.25) is 18.3 Å². The lowest BCUT2D eigenvalue weighted by molar-refractivity contribution is 0.994. The van der Waals surface area contributed by atoms with Crippen molar-refractivity contribution >= 4 is 130 Å². The van der Waals surface area contributed by atoms with Gasteiger partial charge in [0.25, 0.3) is 0 Å².